The molecule has 0 aromatic heterocycles. The van der Waals surface area contributed by atoms with Crippen LogP contribution in [-0.4, -0.2) is 60.2 Å². The SMILES string of the molecule is CC[C@@H]1CN(C(=O)OC(C)(C)C)C[C@H](CC(=O)OC)CN1Cc1ccccc1. The van der Waals surface area contributed by atoms with Crippen LogP contribution < -0.4 is 0 Å². The molecule has 156 valence electrons. The molecular weight excluding hydrogens is 356 g/mol. The molecule has 0 aliphatic carbocycles. The molecule has 1 aromatic rings. The number of amides is 1. The molecule has 1 amide bonds. The van der Waals surface area contributed by atoms with Crippen molar-refractivity contribution in [1.29, 1.82) is 0 Å². The van der Waals surface area contributed by atoms with Gasteiger partial charge in [-0.3, -0.25) is 9.69 Å². The summed E-state index contributed by atoms with van der Waals surface area (Å²) >= 11 is 0. The van der Waals surface area contributed by atoms with Gasteiger partial charge in [0.05, 0.1) is 13.5 Å². The first-order valence-electron chi connectivity index (χ1n) is 10.0. The number of hydrogen-bond donors (Lipinski definition) is 0. The van der Waals surface area contributed by atoms with Gasteiger partial charge in [0.2, 0.25) is 0 Å². The lowest BCUT2D eigenvalue weighted by atomic mass is 10.0. The highest BCUT2D eigenvalue weighted by Gasteiger charge is 2.34. The van der Waals surface area contributed by atoms with Crippen molar-refractivity contribution in [2.24, 2.45) is 5.92 Å². The van der Waals surface area contributed by atoms with Gasteiger partial charge < -0.3 is 14.4 Å². The molecule has 0 saturated carbocycles. The standard InChI is InChI=1S/C22H34N2O4/c1-6-19-16-24(21(26)28-22(2,3)4)15-18(12-20(25)27-5)14-23(19)13-17-10-8-7-9-11-17/h7-11,18-19H,6,12-16H2,1-5H3/t18-,19-/m1/s1. The molecule has 1 aliphatic heterocycles. The van der Waals surface area contributed by atoms with E-state index in [1.165, 1.54) is 12.7 Å². The summed E-state index contributed by atoms with van der Waals surface area (Å²) in [7, 11) is 1.40. The van der Waals surface area contributed by atoms with Gasteiger partial charge in [-0.1, -0.05) is 37.3 Å². The zero-order valence-electron chi connectivity index (χ0n) is 17.8. The fourth-order valence-corrected chi connectivity index (χ4v) is 3.62. The van der Waals surface area contributed by atoms with Gasteiger partial charge in [0.1, 0.15) is 5.60 Å². The van der Waals surface area contributed by atoms with E-state index in [0.29, 0.717) is 13.1 Å². The Bertz CT molecular complexity index is 642. The zero-order chi connectivity index (χ0) is 20.7. The summed E-state index contributed by atoms with van der Waals surface area (Å²) < 4.78 is 10.5. The second kappa shape index (κ2) is 9.92. The van der Waals surface area contributed by atoms with E-state index >= 15 is 0 Å². The predicted octanol–water partition coefficient (Wildman–Crippen LogP) is 3.70. The lowest BCUT2D eigenvalue weighted by Crippen LogP contribution is -2.44. The first-order chi connectivity index (χ1) is 13.2. The van der Waals surface area contributed by atoms with E-state index in [1.807, 2.05) is 39.0 Å². The monoisotopic (exact) mass is 390 g/mol. The van der Waals surface area contributed by atoms with E-state index in [0.717, 1.165) is 19.5 Å². The van der Waals surface area contributed by atoms with Gasteiger partial charge in [-0.15, -0.1) is 0 Å². The smallest absolute Gasteiger partial charge is 0.410 e. The van der Waals surface area contributed by atoms with E-state index in [1.54, 1.807) is 4.90 Å². The fraction of sp³-hybridized carbons (Fsp3) is 0.636. The third-order valence-electron chi connectivity index (χ3n) is 4.95. The number of carbonyl (C=O) groups is 2. The molecular formula is C22H34N2O4. The van der Waals surface area contributed by atoms with Crippen molar-refractivity contribution in [2.75, 3.05) is 26.7 Å². The van der Waals surface area contributed by atoms with Gasteiger partial charge in [0.15, 0.2) is 0 Å². The Morgan fingerprint density at radius 1 is 1.11 bits per heavy atom. The van der Waals surface area contributed by atoms with Crippen molar-refractivity contribution in [2.45, 2.75) is 58.7 Å². The number of methoxy groups -OCH3 is 1. The van der Waals surface area contributed by atoms with Crippen molar-refractivity contribution in [3.05, 3.63) is 35.9 Å². The van der Waals surface area contributed by atoms with E-state index in [4.69, 9.17) is 9.47 Å². The summed E-state index contributed by atoms with van der Waals surface area (Å²) in [4.78, 5) is 28.8. The molecule has 6 heteroatoms. The number of esters is 1. The first kappa shape index (κ1) is 22.2. The van der Waals surface area contributed by atoms with Gasteiger partial charge in [0, 0.05) is 32.2 Å². The molecule has 1 aliphatic rings. The van der Waals surface area contributed by atoms with Crippen LogP contribution in [0.2, 0.25) is 0 Å². The second-order valence-corrected chi connectivity index (χ2v) is 8.51. The molecule has 0 bridgehead atoms. The van der Waals surface area contributed by atoms with Crippen LogP contribution in [-0.2, 0) is 20.8 Å². The Morgan fingerprint density at radius 2 is 1.79 bits per heavy atom. The van der Waals surface area contributed by atoms with Crippen molar-refractivity contribution in [1.82, 2.24) is 9.80 Å². The average Bonchev–Trinajstić information content (AvgIpc) is 2.80. The van der Waals surface area contributed by atoms with Crippen LogP contribution in [0.1, 0.15) is 46.1 Å². The molecule has 0 spiro atoms. The molecule has 1 fully saturated rings. The molecule has 28 heavy (non-hydrogen) atoms. The van der Waals surface area contributed by atoms with Gasteiger partial charge >= 0.3 is 12.1 Å². The van der Waals surface area contributed by atoms with Crippen LogP contribution >= 0.6 is 0 Å². The van der Waals surface area contributed by atoms with Crippen LogP contribution in [0.15, 0.2) is 30.3 Å². The molecule has 1 heterocycles. The quantitative estimate of drug-likeness (QED) is 0.718. The largest absolute Gasteiger partial charge is 0.469 e. The summed E-state index contributed by atoms with van der Waals surface area (Å²) in [6, 6.07) is 10.5. The topological polar surface area (TPSA) is 59.1 Å². The molecule has 1 aromatic carbocycles. The van der Waals surface area contributed by atoms with E-state index in [2.05, 4.69) is 24.0 Å². The number of nitrogens with zero attached hydrogens (tertiary/aromatic N) is 2. The van der Waals surface area contributed by atoms with Gasteiger partial charge in [-0.25, -0.2) is 4.79 Å². The number of benzene rings is 1. The van der Waals surface area contributed by atoms with Crippen molar-refractivity contribution >= 4 is 12.1 Å². The summed E-state index contributed by atoms with van der Waals surface area (Å²) in [5, 5.41) is 0. The molecule has 6 nitrogen and oxygen atoms in total. The molecule has 0 unspecified atom stereocenters. The van der Waals surface area contributed by atoms with Crippen LogP contribution in [0.5, 0.6) is 0 Å². The van der Waals surface area contributed by atoms with Crippen LogP contribution in [0.25, 0.3) is 0 Å². The number of carbonyl (C=O) groups excluding carboxylic acids is 2. The number of ether oxygens (including phenoxy) is 2. The van der Waals surface area contributed by atoms with E-state index in [9.17, 15) is 9.59 Å². The third kappa shape index (κ3) is 6.82. The maximum atomic E-state index is 12.8. The van der Waals surface area contributed by atoms with Crippen LogP contribution in [0, 0.1) is 5.92 Å². The molecule has 1 saturated heterocycles. The lowest BCUT2D eigenvalue weighted by Gasteiger charge is -2.32. The minimum absolute atomic E-state index is 0.000214. The summed E-state index contributed by atoms with van der Waals surface area (Å²) in [6.07, 6.45) is 0.886. The molecule has 0 radical (unpaired) electrons. The summed E-state index contributed by atoms with van der Waals surface area (Å²) in [5.74, 6) is -0.246. The van der Waals surface area contributed by atoms with Crippen molar-refractivity contribution in [3.63, 3.8) is 0 Å². The first-order valence-corrected chi connectivity index (χ1v) is 10.0. The fourth-order valence-electron chi connectivity index (χ4n) is 3.62. The van der Waals surface area contributed by atoms with Crippen LogP contribution in [0.4, 0.5) is 4.79 Å². The summed E-state index contributed by atoms with van der Waals surface area (Å²) in [5.41, 5.74) is 0.677. The second-order valence-electron chi connectivity index (χ2n) is 8.51. The molecule has 2 rings (SSSR count). The predicted molar refractivity (Wildman–Crippen MR) is 109 cm³/mol. The Kier molecular flexibility index (Phi) is 7.87. The number of rotatable bonds is 5. The van der Waals surface area contributed by atoms with E-state index in [-0.39, 0.29) is 30.4 Å². The highest BCUT2D eigenvalue weighted by atomic mass is 16.6. The highest BCUT2D eigenvalue weighted by molar-refractivity contribution is 5.70. The number of hydrogen-bond acceptors (Lipinski definition) is 5. The summed E-state index contributed by atoms with van der Waals surface area (Å²) in [6.45, 7) is 10.4. The highest BCUT2D eigenvalue weighted by Crippen LogP contribution is 2.23. The van der Waals surface area contributed by atoms with Gasteiger partial charge in [-0.2, -0.15) is 0 Å². The molecule has 2 atom stereocenters. The zero-order valence-corrected chi connectivity index (χ0v) is 17.8. The van der Waals surface area contributed by atoms with Crippen molar-refractivity contribution < 1.29 is 19.1 Å². The minimum Gasteiger partial charge on any atom is -0.469 e. The minimum atomic E-state index is -0.549. The van der Waals surface area contributed by atoms with E-state index < -0.39 is 5.60 Å². The Hall–Kier alpha value is -2.08. The Morgan fingerprint density at radius 3 is 2.36 bits per heavy atom. The maximum Gasteiger partial charge on any atom is 0.410 e. The third-order valence-corrected chi connectivity index (χ3v) is 4.95. The Labute approximate surface area is 168 Å². The van der Waals surface area contributed by atoms with Crippen LogP contribution in [0.3, 0.4) is 0 Å². The van der Waals surface area contributed by atoms with Gasteiger partial charge in [0.25, 0.3) is 0 Å². The Balaban J connectivity index is 2.22. The maximum absolute atomic E-state index is 12.8. The normalized spacial score (nSPS) is 21.1. The molecule has 0 N–H and O–H groups in total. The average molecular weight is 391 g/mol. The van der Waals surface area contributed by atoms with Gasteiger partial charge in [-0.05, 0) is 38.7 Å². The van der Waals surface area contributed by atoms with Crippen molar-refractivity contribution in [3.8, 4) is 0 Å². The lowest BCUT2D eigenvalue weighted by molar-refractivity contribution is -0.142.